The zero-order valence-corrected chi connectivity index (χ0v) is 8.24. The van der Waals surface area contributed by atoms with E-state index < -0.39 is 5.97 Å². The van der Waals surface area contributed by atoms with Crippen molar-refractivity contribution in [1.29, 1.82) is 0 Å². The van der Waals surface area contributed by atoms with E-state index in [-0.39, 0.29) is 6.54 Å². The molecule has 0 aliphatic heterocycles. The third-order valence-corrected chi connectivity index (χ3v) is 2.04. The first-order valence-electron chi connectivity index (χ1n) is 4.57. The molecule has 0 aliphatic rings. The Labute approximate surface area is 86.1 Å². The maximum atomic E-state index is 10.3. The number of aromatic amines is 1. The fraction of sp³-hybridized carbons (Fsp3) is 0.200. The van der Waals surface area contributed by atoms with Gasteiger partial charge in [-0.1, -0.05) is 6.07 Å². The molecule has 0 saturated heterocycles. The van der Waals surface area contributed by atoms with Crippen LogP contribution in [0.25, 0.3) is 11.0 Å². The Morgan fingerprint density at radius 1 is 1.60 bits per heavy atom. The number of carbonyl (C=O) groups is 1. The van der Waals surface area contributed by atoms with Crippen LogP contribution in [-0.2, 0) is 4.79 Å². The average molecular weight is 205 g/mol. The topological polar surface area (TPSA) is 78.0 Å². The highest BCUT2D eigenvalue weighted by Gasteiger charge is 2.03. The van der Waals surface area contributed by atoms with Gasteiger partial charge >= 0.3 is 5.97 Å². The van der Waals surface area contributed by atoms with Gasteiger partial charge in [-0.25, -0.2) is 4.98 Å². The third kappa shape index (κ3) is 2.07. The molecule has 0 fully saturated rings. The van der Waals surface area contributed by atoms with Gasteiger partial charge in [0.1, 0.15) is 6.54 Å². The zero-order valence-electron chi connectivity index (χ0n) is 8.24. The number of aliphatic carboxylic acids is 1. The fourth-order valence-electron chi connectivity index (χ4n) is 1.37. The number of benzene rings is 1. The first kappa shape index (κ1) is 9.51. The Hall–Kier alpha value is -2.04. The van der Waals surface area contributed by atoms with Crippen LogP contribution in [0.5, 0.6) is 0 Å². The number of hydrogen-bond acceptors (Lipinski definition) is 3. The van der Waals surface area contributed by atoms with E-state index in [2.05, 4.69) is 15.3 Å². The number of nitrogens with zero attached hydrogens (tertiary/aromatic N) is 1. The van der Waals surface area contributed by atoms with Gasteiger partial charge in [0.15, 0.2) is 0 Å². The largest absolute Gasteiger partial charge is 0.480 e. The van der Waals surface area contributed by atoms with Crippen LogP contribution in [0.3, 0.4) is 0 Å². The van der Waals surface area contributed by atoms with E-state index in [0.29, 0.717) is 5.95 Å². The first-order valence-corrected chi connectivity index (χ1v) is 4.57. The van der Waals surface area contributed by atoms with E-state index in [4.69, 9.17) is 5.11 Å². The van der Waals surface area contributed by atoms with Crippen LogP contribution < -0.4 is 5.32 Å². The van der Waals surface area contributed by atoms with Crippen molar-refractivity contribution in [3.63, 3.8) is 0 Å². The number of carboxylic acid groups (broad SMARTS) is 1. The average Bonchev–Trinajstić information content (AvgIpc) is 2.56. The smallest absolute Gasteiger partial charge is 0.322 e. The molecule has 0 unspecified atom stereocenters. The third-order valence-electron chi connectivity index (χ3n) is 2.04. The highest BCUT2D eigenvalue weighted by Crippen LogP contribution is 2.15. The number of hydrogen-bond donors (Lipinski definition) is 3. The molecule has 1 aromatic heterocycles. The minimum atomic E-state index is -0.911. The Bertz CT molecular complexity index is 504. The van der Waals surface area contributed by atoms with Crippen LogP contribution in [-0.4, -0.2) is 27.6 Å². The quantitative estimate of drug-likeness (QED) is 0.707. The van der Waals surface area contributed by atoms with Crippen molar-refractivity contribution >= 4 is 23.0 Å². The van der Waals surface area contributed by atoms with Gasteiger partial charge in [0.05, 0.1) is 11.0 Å². The number of anilines is 1. The molecule has 3 N–H and O–H groups in total. The van der Waals surface area contributed by atoms with E-state index in [1.165, 1.54) is 0 Å². The lowest BCUT2D eigenvalue weighted by Crippen LogP contribution is -2.12. The Balaban J connectivity index is 2.27. The van der Waals surface area contributed by atoms with Gasteiger partial charge in [0, 0.05) is 0 Å². The molecule has 0 atom stereocenters. The molecule has 5 nitrogen and oxygen atoms in total. The summed E-state index contributed by atoms with van der Waals surface area (Å²) >= 11 is 0. The lowest BCUT2D eigenvalue weighted by atomic mass is 10.2. The maximum absolute atomic E-state index is 10.3. The number of rotatable bonds is 3. The minimum absolute atomic E-state index is 0.140. The second-order valence-corrected chi connectivity index (χ2v) is 3.35. The van der Waals surface area contributed by atoms with Gasteiger partial charge in [0.25, 0.3) is 0 Å². The zero-order chi connectivity index (χ0) is 10.8. The fourth-order valence-corrected chi connectivity index (χ4v) is 1.37. The van der Waals surface area contributed by atoms with Crippen molar-refractivity contribution < 1.29 is 9.90 Å². The van der Waals surface area contributed by atoms with Crippen molar-refractivity contribution in [2.45, 2.75) is 6.92 Å². The van der Waals surface area contributed by atoms with Gasteiger partial charge in [-0.05, 0) is 24.6 Å². The molecule has 2 aromatic rings. The lowest BCUT2D eigenvalue weighted by molar-refractivity contribution is -0.134. The van der Waals surface area contributed by atoms with Gasteiger partial charge < -0.3 is 15.4 Å². The second kappa shape index (κ2) is 3.61. The van der Waals surface area contributed by atoms with Crippen molar-refractivity contribution in [1.82, 2.24) is 9.97 Å². The van der Waals surface area contributed by atoms with Crippen molar-refractivity contribution in [3.05, 3.63) is 23.8 Å². The van der Waals surface area contributed by atoms with Crippen molar-refractivity contribution in [2.24, 2.45) is 0 Å². The Morgan fingerprint density at radius 2 is 2.40 bits per heavy atom. The Kier molecular flexibility index (Phi) is 2.29. The van der Waals surface area contributed by atoms with Crippen LogP contribution in [0.4, 0.5) is 5.95 Å². The van der Waals surface area contributed by atoms with Crippen LogP contribution >= 0.6 is 0 Å². The molecule has 1 aromatic carbocycles. The number of nitrogens with one attached hydrogen (secondary N) is 2. The number of carboxylic acids is 1. The highest BCUT2D eigenvalue weighted by molar-refractivity contribution is 5.79. The van der Waals surface area contributed by atoms with E-state index >= 15 is 0 Å². The van der Waals surface area contributed by atoms with Gasteiger partial charge in [0.2, 0.25) is 5.95 Å². The monoisotopic (exact) mass is 205 g/mol. The summed E-state index contributed by atoms with van der Waals surface area (Å²) in [5, 5.41) is 11.2. The number of aromatic nitrogens is 2. The molecule has 15 heavy (non-hydrogen) atoms. The summed E-state index contributed by atoms with van der Waals surface area (Å²) in [6, 6.07) is 5.82. The molecule has 0 spiro atoms. The summed E-state index contributed by atoms with van der Waals surface area (Å²) < 4.78 is 0. The Morgan fingerprint density at radius 3 is 3.13 bits per heavy atom. The minimum Gasteiger partial charge on any atom is -0.480 e. The highest BCUT2D eigenvalue weighted by atomic mass is 16.4. The summed E-state index contributed by atoms with van der Waals surface area (Å²) in [6.45, 7) is 1.85. The normalized spacial score (nSPS) is 10.5. The SMILES string of the molecule is Cc1ccc2nc(NCC(=O)O)[nH]c2c1. The molecule has 78 valence electrons. The molecule has 5 heteroatoms. The van der Waals surface area contributed by atoms with E-state index in [0.717, 1.165) is 16.6 Å². The van der Waals surface area contributed by atoms with Crippen LogP contribution in [0.2, 0.25) is 0 Å². The van der Waals surface area contributed by atoms with Gasteiger partial charge in [-0.3, -0.25) is 4.79 Å². The summed E-state index contributed by atoms with van der Waals surface area (Å²) in [7, 11) is 0. The van der Waals surface area contributed by atoms with Crippen LogP contribution in [0, 0.1) is 6.92 Å². The molecule has 0 saturated carbocycles. The molecule has 0 radical (unpaired) electrons. The van der Waals surface area contributed by atoms with Crippen LogP contribution in [0.1, 0.15) is 5.56 Å². The lowest BCUT2D eigenvalue weighted by Gasteiger charge is -1.95. The number of fused-ring (bicyclic) bond motifs is 1. The standard InChI is InChI=1S/C10H11N3O2/c1-6-2-3-7-8(4-6)13-10(12-7)11-5-9(14)15/h2-4H,5H2,1H3,(H,14,15)(H2,11,12,13). The number of aryl methyl sites for hydroxylation is 1. The molecule has 1 heterocycles. The molecule has 0 bridgehead atoms. The predicted octanol–water partition coefficient (Wildman–Crippen LogP) is 1.37. The number of H-pyrrole nitrogens is 1. The van der Waals surface area contributed by atoms with Crippen LogP contribution in [0.15, 0.2) is 18.2 Å². The van der Waals surface area contributed by atoms with Crippen molar-refractivity contribution in [2.75, 3.05) is 11.9 Å². The first-order chi connectivity index (χ1) is 7.15. The molecular formula is C10H11N3O2. The van der Waals surface area contributed by atoms with Gasteiger partial charge in [-0.15, -0.1) is 0 Å². The molecule has 2 rings (SSSR count). The number of imidazole rings is 1. The summed E-state index contributed by atoms with van der Waals surface area (Å²) in [6.07, 6.45) is 0. The summed E-state index contributed by atoms with van der Waals surface area (Å²) in [5.41, 5.74) is 2.87. The predicted molar refractivity (Wildman–Crippen MR) is 57.0 cm³/mol. The molecular weight excluding hydrogens is 194 g/mol. The van der Waals surface area contributed by atoms with E-state index in [1.54, 1.807) is 0 Å². The van der Waals surface area contributed by atoms with Crippen molar-refractivity contribution in [3.8, 4) is 0 Å². The van der Waals surface area contributed by atoms with E-state index in [1.807, 2.05) is 25.1 Å². The molecule has 0 amide bonds. The van der Waals surface area contributed by atoms with E-state index in [9.17, 15) is 4.79 Å². The summed E-state index contributed by atoms with van der Waals surface area (Å²) in [4.78, 5) is 17.5. The second-order valence-electron chi connectivity index (χ2n) is 3.35. The molecule has 0 aliphatic carbocycles. The maximum Gasteiger partial charge on any atom is 0.322 e. The van der Waals surface area contributed by atoms with Gasteiger partial charge in [-0.2, -0.15) is 0 Å². The summed E-state index contributed by atoms with van der Waals surface area (Å²) in [5.74, 6) is -0.426.